The molecule has 2 aliphatic rings. The lowest BCUT2D eigenvalue weighted by Crippen LogP contribution is -2.51. The molecule has 1 atom stereocenters. The third-order valence-electron chi connectivity index (χ3n) is 4.34. The first-order valence-electron chi connectivity index (χ1n) is 7.99. The molecular weight excluding hydrogens is 264 g/mol. The van der Waals surface area contributed by atoms with E-state index in [0.717, 1.165) is 39.0 Å². The Morgan fingerprint density at radius 3 is 2.62 bits per heavy atom. The summed E-state index contributed by atoms with van der Waals surface area (Å²) in [5.74, 6) is 0.187. The molecule has 0 spiro atoms. The van der Waals surface area contributed by atoms with E-state index in [2.05, 4.69) is 29.2 Å². The van der Waals surface area contributed by atoms with Crippen LogP contribution < -0.4 is 0 Å². The molecular formula is C17H24N2O2. The molecule has 0 aromatic heterocycles. The number of benzene rings is 1. The Bertz CT molecular complexity index is 457. The fourth-order valence-corrected chi connectivity index (χ4v) is 3.16. The Morgan fingerprint density at radius 2 is 1.86 bits per heavy atom. The largest absolute Gasteiger partial charge is 0.366 e. The number of carbonyl (C=O) groups excluding carboxylic acids is 1. The minimum atomic E-state index is -0.277. The molecule has 0 N–H and O–H groups in total. The Balaban J connectivity index is 1.56. The molecule has 2 saturated heterocycles. The molecule has 1 aromatic rings. The first-order valence-corrected chi connectivity index (χ1v) is 7.99. The average molecular weight is 288 g/mol. The van der Waals surface area contributed by atoms with Crippen LogP contribution in [0.4, 0.5) is 0 Å². The number of rotatable bonds is 3. The lowest BCUT2D eigenvalue weighted by molar-refractivity contribution is -0.150. The maximum absolute atomic E-state index is 12.5. The standard InChI is InChI=1S/C17H24N2O2/c20-17(19-9-5-2-6-10-19)16-14-18(11-12-21-16)13-15-7-3-1-4-8-15/h1,3-4,7-8,16H,2,5-6,9-14H2. The number of likely N-dealkylation sites (tertiary alicyclic amines) is 1. The third-order valence-corrected chi connectivity index (χ3v) is 4.34. The SMILES string of the molecule is O=C(C1CN(Cc2ccccc2)CCO1)N1CCCCC1. The van der Waals surface area contributed by atoms with Crippen molar-refractivity contribution >= 4 is 5.91 Å². The summed E-state index contributed by atoms with van der Waals surface area (Å²) >= 11 is 0. The van der Waals surface area contributed by atoms with E-state index in [0.29, 0.717) is 13.2 Å². The molecule has 1 unspecified atom stereocenters. The number of carbonyl (C=O) groups is 1. The van der Waals surface area contributed by atoms with Crippen LogP contribution >= 0.6 is 0 Å². The van der Waals surface area contributed by atoms with E-state index in [-0.39, 0.29) is 12.0 Å². The van der Waals surface area contributed by atoms with Crippen molar-refractivity contribution in [3.63, 3.8) is 0 Å². The van der Waals surface area contributed by atoms with Crippen LogP contribution in [0.1, 0.15) is 24.8 Å². The second kappa shape index (κ2) is 7.05. The van der Waals surface area contributed by atoms with E-state index in [9.17, 15) is 4.79 Å². The maximum Gasteiger partial charge on any atom is 0.253 e. The average Bonchev–Trinajstić information content (AvgIpc) is 2.56. The number of ether oxygens (including phenoxy) is 1. The van der Waals surface area contributed by atoms with Crippen molar-refractivity contribution in [2.45, 2.75) is 31.9 Å². The van der Waals surface area contributed by atoms with Crippen LogP contribution in [0.15, 0.2) is 30.3 Å². The van der Waals surface area contributed by atoms with Crippen molar-refractivity contribution in [3.05, 3.63) is 35.9 Å². The molecule has 4 heteroatoms. The van der Waals surface area contributed by atoms with E-state index < -0.39 is 0 Å². The van der Waals surface area contributed by atoms with E-state index in [1.165, 1.54) is 12.0 Å². The number of piperidine rings is 1. The van der Waals surface area contributed by atoms with E-state index in [4.69, 9.17) is 4.74 Å². The summed E-state index contributed by atoms with van der Waals surface area (Å²) in [4.78, 5) is 16.8. The number of hydrogen-bond acceptors (Lipinski definition) is 3. The van der Waals surface area contributed by atoms with Gasteiger partial charge in [-0.25, -0.2) is 0 Å². The molecule has 4 nitrogen and oxygen atoms in total. The molecule has 0 radical (unpaired) electrons. The Kier molecular flexibility index (Phi) is 4.88. The summed E-state index contributed by atoms with van der Waals surface area (Å²) in [5.41, 5.74) is 1.29. The quantitative estimate of drug-likeness (QED) is 0.851. The van der Waals surface area contributed by atoms with Gasteiger partial charge in [0.1, 0.15) is 6.10 Å². The highest BCUT2D eigenvalue weighted by atomic mass is 16.5. The Labute approximate surface area is 126 Å². The Morgan fingerprint density at radius 1 is 1.10 bits per heavy atom. The van der Waals surface area contributed by atoms with Crippen LogP contribution in [0.2, 0.25) is 0 Å². The van der Waals surface area contributed by atoms with Crippen molar-refractivity contribution in [2.24, 2.45) is 0 Å². The molecule has 21 heavy (non-hydrogen) atoms. The number of nitrogens with zero attached hydrogens (tertiary/aromatic N) is 2. The third kappa shape index (κ3) is 3.83. The lowest BCUT2D eigenvalue weighted by Gasteiger charge is -2.36. The summed E-state index contributed by atoms with van der Waals surface area (Å²) in [7, 11) is 0. The van der Waals surface area contributed by atoms with Crippen LogP contribution in [0.3, 0.4) is 0 Å². The van der Waals surface area contributed by atoms with E-state index in [1.807, 2.05) is 11.0 Å². The van der Waals surface area contributed by atoms with Gasteiger partial charge < -0.3 is 9.64 Å². The van der Waals surface area contributed by atoms with Gasteiger partial charge in [-0.05, 0) is 24.8 Å². The fourth-order valence-electron chi connectivity index (χ4n) is 3.16. The van der Waals surface area contributed by atoms with Crippen molar-refractivity contribution < 1.29 is 9.53 Å². The predicted molar refractivity (Wildman–Crippen MR) is 81.9 cm³/mol. The van der Waals surface area contributed by atoms with Crippen molar-refractivity contribution in [1.29, 1.82) is 0 Å². The van der Waals surface area contributed by atoms with Crippen molar-refractivity contribution in [1.82, 2.24) is 9.80 Å². The summed E-state index contributed by atoms with van der Waals surface area (Å²) in [5, 5.41) is 0. The second-order valence-corrected chi connectivity index (χ2v) is 5.97. The first-order chi connectivity index (χ1) is 10.3. The van der Waals surface area contributed by atoms with Gasteiger partial charge in [0, 0.05) is 32.7 Å². The monoisotopic (exact) mass is 288 g/mol. The molecule has 2 aliphatic heterocycles. The number of amides is 1. The molecule has 0 bridgehead atoms. The van der Waals surface area contributed by atoms with Gasteiger partial charge in [0.25, 0.3) is 5.91 Å². The van der Waals surface area contributed by atoms with E-state index in [1.54, 1.807) is 0 Å². The van der Waals surface area contributed by atoms with Gasteiger partial charge in [0.2, 0.25) is 0 Å². The van der Waals surface area contributed by atoms with Crippen LogP contribution in [0.5, 0.6) is 0 Å². The van der Waals surface area contributed by atoms with Gasteiger partial charge in [0.05, 0.1) is 6.61 Å². The highest BCUT2D eigenvalue weighted by Crippen LogP contribution is 2.15. The summed E-state index contributed by atoms with van der Waals surface area (Å²) < 4.78 is 5.73. The summed E-state index contributed by atoms with van der Waals surface area (Å²) in [6.07, 6.45) is 3.23. The summed E-state index contributed by atoms with van der Waals surface area (Å²) in [6.45, 7) is 4.96. The van der Waals surface area contributed by atoms with Crippen LogP contribution in [-0.4, -0.2) is 54.6 Å². The van der Waals surface area contributed by atoms with Gasteiger partial charge in [-0.2, -0.15) is 0 Å². The summed E-state index contributed by atoms with van der Waals surface area (Å²) in [6, 6.07) is 10.4. The number of hydrogen-bond donors (Lipinski definition) is 0. The van der Waals surface area contributed by atoms with Gasteiger partial charge in [0.15, 0.2) is 0 Å². The normalized spacial score (nSPS) is 24.0. The second-order valence-electron chi connectivity index (χ2n) is 5.97. The molecule has 1 amide bonds. The van der Waals surface area contributed by atoms with Gasteiger partial charge in [-0.1, -0.05) is 30.3 Å². The first kappa shape index (κ1) is 14.5. The lowest BCUT2D eigenvalue weighted by atomic mass is 10.1. The van der Waals surface area contributed by atoms with Crippen LogP contribution in [0, 0.1) is 0 Å². The predicted octanol–water partition coefficient (Wildman–Crippen LogP) is 1.90. The minimum Gasteiger partial charge on any atom is -0.366 e. The zero-order chi connectivity index (χ0) is 14.5. The smallest absolute Gasteiger partial charge is 0.253 e. The van der Waals surface area contributed by atoms with Crippen molar-refractivity contribution in [3.8, 4) is 0 Å². The molecule has 114 valence electrons. The van der Waals surface area contributed by atoms with Crippen molar-refractivity contribution in [2.75, 3.05) is 32.8 Å². The topological polar surface area (TPSA) is 32.8 Å². The fraction of sp³-hybridized carbons (Fsp3) is 0.588. The van der Waals surface area contributed by atoms with Gasteiger partial charge in [-0.15, -0.1) is 0 Å². The molecule has 3 rings (SSSR count). The van der Waals surface area contributed by atoms with Crippen LogP contribution in [-0.2, 0) is 16.1 Å². The molecule has 2 heterocycles. The zero-order valence-corrected chi connectivity index (χ0v) is 12.5. The molecule has 0 aliphatic carbocycles. The molecule has 2 fully saturated rings. The maximum atomic E-state index is 12.5. The molecule has 0 saturated carbocycles. The Hall–Kier alpha value is -1.39. The van der Waals surface area contributed by atoms with Gasteiger partial charge >= 0.3 is 0 Å². The van der Waals surface area contributed by atoms with E-state index >= 15 is 0 Å². The van der Waals surface area contributed by atoms with Crippen LogP contribution in [0.25, 0.3) is 0 Å². The highest BCUT2D eigenvalue weighted by molar-refractivity contribution is 5.81. The molecule has 1 aromatic carbocycles. The zero-order valence-electron chi connectivity index (χ0n) is 12.5. The minimum absolute atomic E-state index is 0.187. The number of morpholine rings is 1. The highest BCUT2D eigenvalue weighted by Gasteiger charge is 2.30. The van der Waals surface area contributed by atoms with Gasteiger partial charge in [-0.3, -0.25) is 9.69 Å².